The number of hydrogen-bond acceptors (Lipinski definition) is 9. The summed E-state index contributed by atoms with van der Waals surface area (Å²) >= 11 is 0. The van der Waals surface area contributed by atoms with Crippen LogP contribution in [0.2, 0.25) is 118 Å². The third-order valence-electron chi connectivity index (χ3n) is 6.36. The Balaban J connectivity index is 2.74. The first-order chi connectivity index (χ1) is 20.8. The molecule has 0 bridgehead atoms. The van der Waals surface area contributed by atoms with Crippen LogP contribution in [-0.4, -0.2) is 85.8 Å². The maximum absolute atomic E-state index is 14.4. The van der Waals surface area contributed by atoms with Crippen LogP contribution in [0.5, 0.6) is 11.5 Å². The van der Waals surface area contributed by atoms with Gasteiger partial charge < -0.3 is 31.3 Å². The number of hydrogen-bond donors (Lipinski definition) is 0. The molecule has 1 aliphatic carbocycles. The molecule has 0 aliphatic heterocycles. The molecular formula is C32H64O9Si6. The lowest BCUT2D eigenvalue weighted by Gasteiger charge is -2.50. The van der Waals surface area contributed by atoms with Crippen LogP contribution in [-0.2, 0) is 27.2 Å². The van der Waals surface area contributed by atoms with Crippen molar-refractivity contribution < 1.29 is 40.9 Å². The van der Waals surface area contributed by atoms with Crippen LogP contribution in [0.4, 0.5) is 0 Å². The van der Waals surface area contributed by atoms with Crippen molar-refractivity contribution in [3.8, 4) is 11.5 Å². The number of carbonyl (C=O) groups is 2. The molecule has 0 amide bonds. The van der Waals surface area contributed by atoms with E-state index in [4.69, 9.17) is 31.3 Å². The van der Waals surface area contributed by atoms with Gasteiger partial charge in [0.1, 0.15) is 11.5 Å². The molecule has 0 heterocycles. The average Bonchev–Trinajstić information content (AvgIpc) is 2.76. The van der Waals surface area contributed by atoms with Gasteiger partial charge in [-0.05, 0) is 136 Å². The molecule has 0 aromatic heterocycles. The lowest BCUT2D eigenvalue weighted by Crippen LogP contribution is -2.64. The number of carbonyl (C=O) groups excluding carboxylic acids is 2. The minimum atomic E-state index is -2.40. The van der Waals surface area contributed by atoms with Gasteiger partial charge in [0.25, 0.3) is 0 Å². The second kappa shape index (κ2) is 14.7. The summed E-state index contributed by atoms with van der Waals surface area (Å²) in [6, 6.07) is 5.13. The van der Waals surface area contributed by atoms with Crippen LogP contribution in [0.25, 0.3) is 0 Å². The minimum absolute atomic E-state index is 0.113. The molecule has 15 heteroatoms. The van der Waals surface area contributed by atoms with Crippen LogP contribution in [0, 0.1) is 0 Å². The molecule has 2 atom stereocenters. The summed E-state index contributed by atoms with van der Waals surface area (Å²) in [5.41, 5.74) is -1.37. The van der Waals surface area contributed by atoms with E-state index >= 15 is 0 Å². The standard InChI is InChI=1S/C32H64O9Si6/c1-42(2,3)36-25-20-19-24(21-26(25)37-43(4,5)6)30(33)35-32(31(34)41-47(16,17)18)22-27(38-44(7,8)9)29(40-46(13,14)15)28(23-32)39-45(10,11)12/h19-21,27-29H,22-23H2,1-18H3. The molecular weight excluding hydrogens is 697 g/mol. The monoisotopic (exact) mass is 760 g/mol. The molecule has 0 radical (unpaired) electrons. The molecule has 47 heavy (non-hydrogen) atoms. The second-order valence-corrected chi connectivity index (χ2v) is 45.3. The van der Waals surface area contributed by atoms with E-state index in [0.29, 0.717) is 11.5 Å². The lowest BCUT2D eigenvalue weighted by atomic mass is 9.79. The van der Waals surface area contributed by atoms with Gasteiger partial charge in [-0.3, -0.25) is 0 Å². The Kier molecular flexibility index (Phi) is 13.1. The predicted molar refractivity (Wildman–Crippen MR) is 206 cm³/mol. The van der Waals surface area contributed by atoms with Gasteiger partial charge in [0.05, 0.1) is 23.9 Å². The van der Waals surface area contributed by atoms with E-state index in [-0.39, 0.29) is 18.4 Å². The molecule has 270 valence electrons. The largest absolute Gasteiger partial charge is 0.542 e. The molecule has 1 saturated carbocycles. The van der Waals surface area contributed by atoms with Crippen molar-refractivity contribution in [1.29, 1.82) is 0 Å². The zero-order valence-electron chi connectivity index (χ0n) is 32.6. The zero-order valence-corrected chi connectivity index (χ0v) is 38.6. The number of ether oxygens (including phenoxy) is 1. The van der Waals surface area contributed by atoms with E-state index in [1.54, 1.807) is 18.2 Å². The molecule has 2 rings (SSSR count). The fraction of sp³-hybridized carbons (Fsp3) is 0.750. The van der Waals surface area contributed by atoms with Crippen molar-refractivity contribution in [3.63, 3.8) is 0 Å². The van der Waals surface area contributed by atoms with Crippen LogP contribution >= 0.6 is 0 Å². The Morgan fingerprint density at radius 2 is 1.00 bits per heavy atom. The lowest BCUT2D eigenvalue weighted by molar-refractivity contribution is -0.180. The zero-order chi connectivity index (χ0) is 36.6. The van der Waals surface area contributed by atoms with Gasteiger partial charge in [0.15, 0.2) is 25.0 Å². The van der Waals surface area contributed by atoms with Gasteiger partial charge in [-0.1, -0.05) is 0 Å². The van der Waals surface area contributed by atoms with Gasteiger partial charge in [-0.25, -0.2) is 9.59 Å². The number of esters is 1. The highest BCUT2D eigenvalue weighted by Crippen LogP contribution is 2.42. The SMILES string of the molecule is C[Si](C)(C)OC(=O)C1(OC(=O)c2ccc(O[Si](C)(C)C)c(O[Si](C)(C)C)c2)CC(O[Si](C)(C)C)C(O[Si](C)(C)C)C(O[Si](C)(C)C)C1. The summed E-state index contributed by atoms with van der Waals surface area (Å²) in [5.74, 6) is -0.0817. The van der Waals surface area contributed by atoms with E-state index in [9.17, 15) is 9.59 Å². The van der Waals surface area contributed by atoms with Crippen LogP contribution in [0.1, 0.15) is 23.2 Å². The molecule has 2 unspecified atom stereocenters. The molecule has 0 spiro atoms. The third kappa shape index (κ3) is 14.8. The molecule has 1 fully saturated rings. The fourth-order valence-corrected chi connectivity index (χ4v) is 11.0. The van der Waals surface area contributed by atoms with Crippen molar-refractivity contribution in [2.75, 3.05) is 0 Å². The second-order valence-electron chi connectivity index (χ2n) is 18.6. The number of benzene rings is 1. The van der Waals surface area contributed by atoms with Crippen LogP contribution in [0.15, 0.2) is 18.2 Å². The van der Waals surface area contributed by atoms with Gasteiger partial charge in [-0.15, -0.1) is 0 Å². The highest BCUT2D eigenvalue weighted by molar-refractivity contribution is 6.72. The first-order valence-corrected chi connectivity index (χ1v) is 37.2. The summed E-state index contributed by atoms with van der Waals surface area (Å²) in [6.45, 7) is 37.5. The fourth-order valence-electron chi connectivity index (χ4n) is 5.25. The smallest absolute Gasteiger partial charge is 0.339 e. The number of rotatable bonds is 14. The summed E-state index contributed by atoms with van der Waals surface area (Å²) in [6.07, 6.45) is -1.27. The Labute approximate surface area is 291 Å². The first kappa shape index (κ1) is 42.1. The Bertz CT molecular complexity index is 1220. The third-order valence-corrected chi connectivity index (χ3v) is 11.8. The summed E-state index contributed by atoms with van der Waals surface area (Å²) in [7, 11) is -12.9. The van der Waals surface area contributed by atoms with Crippen LogP contribution < -0.4 is 8.85 Å². The van der Waals surface area contributed by atoms with E-state index in [0.717, 1.165) is 0 Å². The molecule has 1 aromatic carbocycles. The van der Waals surface area contributed by atoms with E-state index in [1.807, 2.05) is 19.6 Å². The molecule has 1 aliphatic rings. The maximum atomic E-state index is 14.4. The predicted octanol–water partition coefficient (Wildman–Crippen LogP) is 8.84. The van der Waals surface area contributed by atoms with Crippen molar-refractivity contribution in [2.45, 2.75) is 155 Å². The summed E-state index contributed by atoms with van der Waals surface area (Å²) in [5, 5.41) is 0. The van der Waals surface area contributed by atoms with E-state index < -0.39 is 85.8 Å². The summed E-state index contributed by atoms with van der Waals surface area (Å²) < 4.78 is 45.7. The highest BCUT2D eigenvalue weighted by atomic mass is 28.4. The van der Waals surface area contributed by atoms with Crippen LogP contribution in [0.3, 0.4) is 0 Å². The quantitative estimate of drug-likeness (QED) is 0.136. The minimum Gasteiger partial charge on any atom is -0.542 e. The van der Waals surface area contributed by atoms with E-state index in [2.05, 4.69) is 98.2 Å². The van der Waals surface area contributed by atoms with Crippen molar-refractivity contribution in [2.24, 2.45) is 0 Å². The molecule has 0 saturated heterocycles. The maximum Gasteiger partial charge on any atom is 0.339 e. The normalized spacial score (nSPS) is 23.2. The first-order valence-electron chi connectivity index (χ1n) is 16.8. The molecule has 9 nitrogen and oxygen atoms in total. The van der Waals surface area contributed by atoms with Crippen molar-refractivity contribution >= 4 is 61.8 Å². The van der Waals surface area contributed by atoms with Gasteiger partial charge in [0.2, 0.25) is 30.6 Å². The van der Waals surface area contributed by atoms with E-state index in [1.165, 1.54) is 0 Å². The Morgan fingerprint density at radius 3 is 1.38 bits per heavy atom. The van der Waals surface area contributed by atoms with Gasteiger partial charge in [0, 0.05) is 12.8 Å². The van der Waals surface area contributed by atoms with Crippen molar-refractivity contribution in [3.05, 3.63) is 23.8 Å². The van der Waals surface area contributed by atoms with Gasteiger partial charge in [-0.2, -0.15) is 0 Å². The molecule has 0 N–H and O–H groups in total. The Hall–Kier alpha value is -1.06. The highest BCUT2D eigenvalue weighted by Gasteiger charge is 2.58. The van der Waals surface area contributed by atoms with Gasteiger partial charge >= 0.3 is 11.9 Å². The average molecular weight is 761 g/mol. The summed E-state index contributed by atoms with van der Waals surface area (Å²) in [4.78, 5) is 28.6. The van der Waals surface area contributed by atoms with Crippen molar-refractivity contribution in [1.82, 2.24) is 0 Å². The Morgan fingerprint density at radius 1 is 0.574 bits per heavy atom. The molecule has 1 aromatic rings. The topological polar surface area (TPSA) is 98.8 Å².